The van der Waals surface area contributed by atoms with Gasteiger partial charge in [0.2, 0.25) is 11.8 Å². The highest BCUT2D eigenvalue weighted by Crippen LogP contribution is 2.39. The van der Waals surface area contributed by atoms with Crippen molar-refractivity contribution in [3.8, 4) is 0 Å². The minimum Gasteiger partial charge on any atom is -0.351 e. The summed E-state index contributed by atoms with van der Waals surface area (Å²) in [6.07, 6.45) is 8.45. The van der Waals surface area contributed by atoms with Crippen molar-refractivity contribution in [2.45, 2.75) is 70.6 Å². The van der Waals surface area contributed by atoms with Crippen LogP contribution in [0.2, 0.25) is 0 Å². The summed E-state index contributed by atoms with van der Waals surface area (Å²) in [5, 5.41) is 6.36. The van der Waals surface area contributed by atoms with Crippen molar-refractivity contribution in [1.82, 2.24) is 19.8 Å². The Labute approximate surface area is 208 Å². The largest absolute Gasteiger partial charge is 0.351 e. The number of benzene rings is 1. The van der Waals surface area contributed by atoms with E-state index in [4.69, 9.17) is 0 Å². The summed E-state index contributed by atoms with van der Waals surface area (Å²) >= 11 is 0. The molecule has 0 bridgehead atoms. The van der Waals surface area contributed by atoms with Crippen LogP contribution >= 0.6 is 0 Å². The molecule has 8 nitrogen and oxygen atoms in total. The van der Waals surface area contributed by atoms with Crippen molar-refractivity contribution < 1.29 is 18.8 Å². The number of hydrogen-bond donors (Lipinski definition) is 2. The molecule has 36 heavy (non-hydrogen) atoms. The molecule has 3 aromatic rings. The van der Waals surface area contributed by atoms with Gasteiger partial charge in [0.15, 0.2) is 0 Å². The Balaban J connectivity index is 1.64. The van der Waals surface area contributed by atoms with Crippen LogP contribution in [0.1, 0.15) is 62.0 Å². The predicted molar refractivity (Wildman–Crippen MR) is 134 cm³/mol. The Morgan fingerprint density at radius 3 is 2.67 bits per heavy atom. The van der Waals surface area contributed by atoms with Gasteiger partial charge >= 0.3 is 0 Å². The normalized spacial score (nSPS) is 20.3. The van der Waals surface area contributed by atoms with Gasteiger partial charge in [-0.05, 0) is 49.6 Å². The van der Waals surface area contributed by atoms with Gasteiger partial charge in [0.1, 0.15) is 17.1 Å². The summed E-state index contributed by atoms with van der Waals surface area (Å²) in [5.74, 6) is -1.48. The number of nitrogens with one attached hydrogen (secondary N) is 2. The second-order valence-electron chi connectivity index (χ2n) is 9.99. The second kappa shape index (κ2) is 9.37. The van der Waals surface area contributed by atoms with E-state index in [0.29, 0.717) is 10.9 Å². The molecule has 188 valence electrons. The van der Waals surface area contributed by atoms with E-state index in [-0.39, 0.29) is 42.3 Å². The zero-order valence-corrected chi connectivity index (χ0v) is 20.5. The van der Waals surface area contributed by atoms with Crippen molar-refractivity contribution in [3.05, 3.63) is 59.8 Å². The summed E-state index contributed by atoms with van der Waals surface area (Å²) in [4.78, 5) is 45.8. The van der Waals surface area contributed by atoms with E-state index in [1.165, 1.54) is 19.1 Å². The molecule has 0 spiro atoms. The van der Waals surface area contributed by atoms with Crippen molar-refractivity contribution in [3.63, 3.8) is 0 Å². The summed E-state index contributed by atoms with van der Waals surface area (Å²) in [6, 6.07) is 7.93. The van der Waals surface area contributed by atoms with E-state index < -0.39 is 17.3 Å². The lowest BCUT2D eigenvalue weighted by atomic mass is 9.91. The number of hydrogen-bond acceptors (Lipinski definition) is 4. The van der Waals surface area contributed by atoms with Crippen molar-refractivity contribution in [2.75, 3.05) is 5.32 Å². The lowest BCUT2D eigenvalue weighted by Gasteiger charge is -2.45. The number of halogens is 1. The highest BCUT2D eigenvalue weighted by Gasteiger charge is 2.49. The van der Waals surface area contributed by atoms with Crippen LogP contribution < -0.4 is 10.6 Å². The van der Waals surface area contributed by atoms with Gasteiger partial charge in [-0.2, -0.15) is 0 Å². The zero-order valence-electron chi connectivity index (χ0n) is 20.5. The number of amides is 3. The first-order valence-corrected chi connectivity index (χ1v) is 12.4. The third-order valence-electron chi connectivity index (χ3n) is 7.33. The molecule has 0 saturated heterocycles. The molecule has 9 heteroatoms. The molecule has 1 aromatic carbocycles. The van der Waals surface area contributed by atoms with E-state index in [0.717, 1.165) is 37.7 Å². The number of carbonyl (C=O) groups excluding carboxylic acids is 3. The molecule has 0 unspecified atom stereocenters. The second-order valence-corrected chi connectivity index (χ2v) is 9.99. The maximum Gasteiger partial charge on any atom is 0.273 e. The number of carbonyl (C=O) groups is 3. The summed E-state index contributed by atoms with van der Waals surface area (Å²) in [6.45, 7) is 3.44. The van der Waals surface area contributed by atoms with Gasteiger partial charge in [0, 0.05) is 37.3 Å². The van der Waals surface area contributed by atoms with Crippen LogP contribution in [-0.2, 0) is 22.7 Å². The molecule has 3 heterocycles. The monoisotopic (exact) mass is 491 g/mol. The van der Waals surface area contributed by atoms with Gasteiger partial charge in [-0.15, -0.1) is 0 Å². The minimum atomic E-state index is -1.22. The first-order valence-electron chi connectivity index (χ1n) is 12.4. The molecule has 1 atom stereocenters. The molecule has 5 rings (SSSR count). The molecule has 3 amide bonds. The van der Waals surface area contributed by atoms with Crippen LogP contribution in [0.3, 0.4) is 0 Å². The minimum absolute atomic E-state index is 0.0743. The van der Waals surface area contributed by atoms with Crippen LogP contribution in [0.5, 0.6) is 0 Å². The fourth-order valence-electron chi connectivity index (χ4n) is 5.46. The number of fused-ring (bicyclic) bond motifs is 3. The van der Waals surface area contributed by atoms with Crippen LogP contribution in [0.25, 0.3) is 10.9 Å². The Morgan fingerprint density at radius 1 is 1.19 bits per heavy atom. The SMILES string of the molecule is CC(=O)Nc1c2n(c3ccc(F)cc13)C[C@](C)(C(=O)NC1CCCCC1)N(Cc1cccnc1)C2=O. The molecule has 2 aliphatic rings. The smallest absolute Gasteiger partial charge is 0.273 e. The number of nitrogens with zero attached hydrogens (tertiary/aromatic N) is 3. The Hall–Kier alpha value is -3.75. The topological polar surface area (TPSA) is 96.3 Å². The van der Waals surface area contributed by atoms with Crippen LogP contribution in [0.4, 0.5) is 10.1 Å². The number of anilines is 1. The number of pyridine rings is 1. The fourth-order valence-corrected chi connectivity index (χ4v) is 5.46. The molecule has 2 N–H and O–H groups in total. The van der Waals surface area contributed by atoms with Gasteiger partial charge in [-0.3, -0.25) is 19.4 Å². The molecular formula is C27H30FN5O3. The van der Waals surface area contributed by atoms with Gasteiger partial charge in [-0.25, -0.2) is 4.39 Å². The van der Waals surface area contributed by atoms with Crippen molar-refractivity contribution >= 4 is 34.3 Å². The highest BCUT2D eigenvalue weighted by molar-refractivity contribution is 6.14. The van der Waals surface area contributed by atoms with E-state index >= 15 is 0 Å². The molecule has 1 saturated carbocycles. The molecule has 1 fully saturated rings. The molecule has 2 aromatic heterocycles. The quantitative estimate of drug-likeness (QED) is 0.564. The maximum absolute atomic E-state index is 14.2. The average Bonchev–Trinajstić information content (AvgIpc) is 3.14. The van der Waals surface area contributed by atoms with Gasteiger partial charge in [0.05, 0.1) is 17.7 Å². The first kappa shape index (κ1) is 24.0. The van der Waals surface area contributed by atoms with Crippen LogP contribution in [-0.4, -0.2) is 43.8 Å². The fraction of sp³-hybridized carbons (Fsp3) is 0.407. The Bertz CT molecular complexity index is 1330. The Kier molecular flexibility index (Phi) is 6.24. The van der Waals surface area contributed by atoms with E-state index in [1.807, 2.05) is 6.07 Å². The Morgan fingerprint density at radius 2 is 1.97 bits per heavy atom. The molecule has 1 aliphatic carbocycles. The first-order chi connectivity index (χ1) is 17.3. The number of aromatic nitrogens is 2. The third-order valence-corrected chi connectivity index (χ3v) is 7.33. The van der Waals surface area contributed by atoms with Gasteiger partial charge < -0.3 is 20.1 Å². The predicted octanol–water partition coefficient (Wildman–Crippen LogP) is 4.00. The van der Waals surface area contributed by atoms with Crippen molar-refractivity contribution in [2.24, 2.45) is 0 Å². The lowest BCUT2D eigenvalue weighted by molar-refractivity contribution is -0.134. The standard InChI is InChI=1S/C27H30FN5O3/c1-17(34)30-23-21-13-19(28)10-11-22(21)32-16-27(2,26(36)31-20-8-4-3-5-9-20)33(25(35)24(23)32)15-18-7-6-12-29-14-18/h6-7,10-14,20H,3-5,8-9,15-16H2,1-2H3,(H,30,34)(H,31,36)/t27-/m1/s1. The van der Waals surface area contributed by atoms with Gasteiger partial charge in [0.25, 0.3) is 5.91 Å². The summed E-state index contributed by atoms with van der Waals surface area (Å²) in [7, 11) is 0. The summed E-state index contributed by atoms with van der Waals surface area (Å²) < 4.78 is 16.0. The third kappa shape index (κ3) is 4.23. The maximum atomic E-state index is 14.2. The van der Waals surface area contributed by atoms with Crippen LogP contribution in [0, 0.1) is 5.82 Å². The molecule has 0 radical (unpaired) electrons. The van der Waals surface area contributed by atoms with E-state index in [9.17, 15) is 18.8 Å². The average molecular weight is 492 g/mol. The zero-order chi connectivity index (χ0) is 25.4. The molecule has 1 aliphatic heterocycles. The number of rotatable bonds is 5. The molecular weight excluding hydrogens is 461 g/mol. The summed E-state index contributed by atoms with van der Waals surface area (Å²) in [5.41, 5.74) is 0.636. The van der Waals surface area contributed by atoms with E-state index in [2.05, 4.69) is 15.6 Å². The highest BCUT2D eigenvalue weighted by atomic mass is 19.1. The van der Waals surface area contributed by atoms with Gasteiger partial charge in [-0.1, -0.05) is 25.3 Å². The lowest BCUT2D eigenvalue weighted by Crippen LogP contribution is -2.64. The van der Waals surface area contributed by atoms with Crippen molar-refractivity contribution in [1.29, 1.82) is 0 Å². The van der Waals surface area contributed by atoms with Crippen LogP contribution in [0.15, 0.2) is 42.7 Å². The van der Waals surface area contributed by atoms with E-state index in [1.54, 1.807) is 40.9 Å².